The number of carbonyl (C=O) groups excluding carboxylic acids is 2. The summed E-state index contributed by atoms with van der Waals surface area (Å²) in [6.45, 7) is 1.38. The molecule has 3 atom stereocenters. The van der Waals surface area contributed by atoms with Crippen LogP contribution in [-0.2, 0) is 11.2 Å². The van der Waals surface area contributed by atoms with Crippen molar-refractivity contribution in [2.45, 2.75) is 24.9 Å². The molecular formula is C21H23N3O2. The van der Waals surface area contributed by atoms with Gasteiger partial charge in [0.1, 0.15) is 0 Å². The molecule has 5 heteroatoms. The highest BCUT2D eigenvalue weighted by Crippen LogP contribution is 2.36. The number of hydrogen-bond acceptors (Lipinski definition) is 3. The molecule has 2 N–H and O–H groups in total. The normalized spacial score (nSPS) is 25.5. The van der Waals surface area contributed by atoms with Crippen LogP contribution in [0.4, 0.5) is 4.79 Å². The van der Waals surface area contributed by atoms with Crippen molar-refractivity contribution in [1.82, 2.24) is 15.5 Å². The van der Waals surface area contributed by atoms with Gasteiger partial charge < -0.3 is 4.90 Å². The third kappa shape index (κ3) is 3.22. The molecule has 4 rings (SSSR count). The fourth-order valence-electron chi connectivity index (χ4n) is 4.14. The minimum Gasteiger partial charge on any atom is -0.308 e. The second-order valence-corrected chi connectivity index (χ2v) is 6.95. The van der Waals surface area contributed by atoms with Gasteiger partial charge in [-0.25, -0.2) is 4.79 Å². The maximum Gasteiger partial charge on any atom is 0.325 e. The molecule has 0 spiro atoms. The molecule has 2 aromatic carbocycles. The lowest BCUT2D eigenvalue weighted by molar-refractivity contribution is -0.131. The van der Waals surface area contributed by atoms with Crippen LogP contribution in [0.1, 0.15) is 23.5 Å². The number of rotatable bonds is 4. The van der Waals surface area contributed by atoms with Crippen LogP contribution in [0, 0.1) is 5.92 Å². The van der Waals surface area contributed by atoms with Gasteiger partial charge in [-0.3, -0.25) is 15.4 Å². The number of carbonyl (C=O) groups is 2. The summed E-state index contributed by atoms with van der Waals surface area (Å²) in [5, 5.41) is 5.98. The molecular weight excluding hydrogens is 326 g/mol. The Hall–Kier alpha value is -2.66. The first-order valence-electron chi connectivity index (χ1n) is 9.18. The molecule has 0 saturated carbocycles. The molecule has 2 fully saturated rings. The molecule has 3 amide bonds. The Morgan fingerprint density at radius 1 is 0.962 bits per heavy atom. The molecule has 2 heterocycles. The van der Waals surface area contributed by atoms with E-state index in [2.05, 4.69) is 34.9 Å². The Morgan fingerprint density at radius 2 is 1.65 bits per heavy atom. The van der Waals surface area contributed by atoms with E-state index in [0.29, 0.717) is 6.54 Å². The summed E-state index contributed by atoms with van der Waals surface area (Å²) in [7, 11) is 0. The number of amides is 3. The van der Waals surface area contributed by atoms with Gasteiger partial charge in [-0.15, -0.1) is 0 Å². The maximum atomic E-state index is 12.6. The molecule has 26 heavy (non-hydrogen) atoms. The molecule has 134 valence electrons. The first kappa shape index (κ1) is 16.8. The second kappa shape index (κ2) is 7.30. The number of fused-ring (bicyclic) bond motifs is 1. The largest absolute Gasteiger partial charge is 0.325 e. The van der Waals surface area contributed by atoms with Crippen LogP contribution in [0.15, 0.2) is 60.7 Å². The summed E-state index contributed by atoms with van der Waals surface area (Å²) in [4.78, 5) is 26.9. The molecule has 2 saturated heterocycles. The fraction of sp³-hybridized carbons (Fsp3) is 0.333. The van der Waals surface area contributed by atoms with Gasteiger partial charge in [0.15, 0.2) is 0 Å². The molecule has 3 unspecified atom stereocenters. The molecule has 0 aliphatic carbocycles. The summed E-state index contributed by atoms with van der Waals surface area (Å²) < 4.78 is 0. The molecule has 0 bridgehead atoms. The zero-order chi connectivity index (χ0) is 17.9. The quantitative estimate of drug-likeness (QED) is 0.892. The van der Waals surface area contributed by atoms with Gasteiger partial charge in [0.25, 0.3) is 0 Å². The van der Waals surface area contributed by atoms with Crippen molar-refractivity contribution in [3.8, 4) is 0 Å². The SMILES string of the molecule is O=C1NC(=O)N(CCc2ccccc2)C2NCCC(c3ccccc3)C12. The topological polar surface area (TPSA) is 61.4 Å². The highest BCUT2D eigenvalue weighted by molar-refractivity contribution is 5.99. The maximum absolute atomic E-state index is 12.6. The van der Waals surface area contributed by atoms with E-state index in [1.54, 1.807) is 4.90 Å². The summed E-state index contributed by atoms with van der Waals surface area (Å²) in [5.74, 6) is -0.314. The van der Waals surface area contributed by atoms with E-state index in [1.807, 2.05) is 36.4 Å². The summed E-state index contributed by atoms with van der Waals surface area (Å²) in [5.41, 5.74) is 2.35. The van der Waals surface area contributed by atoms with E-state index < -0.39 is 0 Å². The smallest absolute Gasteiger partial charge is 0.308 e. The minimum atomic E-state index is -0.298. The number of nitrogens with one attached hydrogen (secondary N) is 2. The van der Waals surface area contributed by atoms with Crippen LogP contribution in [0.3, 0.4) is 0 Å². The van der Waals surface area contributed by atoms with Gasteiger partial charge in [0.2, 0.25) is 5.91 Å². The summed E-state index contributed by atoms with van der Waals surface area (Å²) in [6.07, 6.45) is 1.40. The lowest BCUT2D eigenvalue weighted by Crippen LogP contribution is -2.68. The average molecular weight is 349 g/mol. The van der Waals surface area contributed by atoms with Crippen molar-refractivity contribution in [3.05, 3.63) is 71.8 Å². The van der Waals surface area contributed by atoms with E-state index >= 15 is 0 Å². The number of piperidine rings is 1. The van der Waals surface area contributed by atoms with Gasteiger partial charge in [-0.1, -0.05) is 60.7 Å². The highest BCUT2D eigenvalue weighted by Gasteiger charge is 2.47. The van der Waals surface area contributed by atoms with Crippen LogP contribution in [0.25, 0.3) is 0 Å². The lowest BCUT2D eigenvalue weighted by atomic mass is 9.77. The Kier molecular flexibility index (Phi) is 4.71. The Balaban J connectivity index is 1.56. The Bertz CT molecular complexity index is 778. The lowest BCUT2D eigenvalue weighted by Gasteiger charge is -2.46. The average Bonchev–Trinajstić information content (AvgIpc) is 2.69. The minimum absolute atomic E-state index is 0.120. The number of benzene rings is 2. The van der Waals surface area contributed by atoms with Crippen LogP contribution < -0.4 is 10.6 Å². The molecule has 2 aliphatic heterocycles. The van der Waals surface area contributed by atoms with Crippen molar-refractivity contribution in [3.63, 3.8) is 0 Å². The second-order valence-electron chi connectivity index (χ2n) is 6.95. The number of hydrogen-bond donors (Lipinski definition) is 2. The van der Waals surface area contributed by atoms with Gasteiger partial charge >= 0.3 is 6.03 Å². The van der Waals surface area contributed by atoms with Gasteiger partial charge in [0.05, 0.1) is 12.1 Å². The van der Waals surface area contributed by atoms with E-state index in [-0.39, 0.29) is 29.9 Å². The molecule has 0 radical (unpaired) electrons. The van der Waals surface area contributed by atoms with Gasteiger partial charge in [-0.2, -0.15) is 0 Å². The Labute approximate surface area is 153 Å². The number of urea groups is 1. The highest BCUT2D eigenvalue weighted by atomic mass is 16.2. The molecule has 2 aromatic rings. The zero-order valence-corrected chi connectivity index (χ0v) is 14.6. The first-order valence-corrected chi connectivity index (χ1v) is 9.18. The van der Waals surface area contributed by atoms with Crippen molar-refractivity contribution in [2.24, 2.45) is 5.92 Å². The Morgan fingerprint density at radius 3 is 2.38 bits per heavy atom. The van der Waals surface area contributed by atoms with Gasteiger partial charge in [-0.05, 0) is 36.4 Å². The third-order valence-electron chi connectivity index (χ3n) is 5.42. The predicted molar refractivity (Wildman–Crippen MR) is 99.5 cm³/mol. The predicted octanol–water partition coefficient (Wildman–Crippen LogP) is 2.50. The van der Waals surface area contributed by atoms with E-state index in [1.165, 1.54) is 5.56 Å². The molecule has 5 nitrogen and oxygen atoms in total. The molecule has 0 aromatic heterocycles. The van der Waals surface area contributed by atoms with E-state index in [9.17, 15) is 9.59 Å². The van der Waals surface area contributed by atoms with Crippen molar-refractivity contribution in [1.29, 1.82) is 0 Å². The van der Waals surface area contributed by atoms with Crippen LogP contribution in [0.5, 0.6) is 0 Å². The first-order chi connectivity index (χ1) is 12.7. The van der Waals surface area contributed by atoms with Crippen molar-refractivity contribution >= 4 is 11.9 Å². The summed E-state index contributed by atoms with van der Waals surface area (Å²) in [6, 6.07) is 20.0. The zero-order valence-electron chi connectivity index (χ0n) is 14.6. The van der Waals surface area contributed by atoms with Crippen LogP contribution in [0.2, 0.25) is 0 Å². The fourth-order valence-corrected chi connectivity index (χ4v) is 4.14. The molecule has 2 aliphatic rings. The number of nitrogens with zero attached hydrogens (tertiary/aromatic N) is 1. The van der Waals surface area contributed by atoms with E-state index in [0.717, 1.165) is 24.9 Å². The van der Waals surface area contributed by atoms with E-state index in [4.69, 9.17) is 0 Å². The van der Waals surface area contributed by atoms with Crippen LogP contribution >= 0.6 is 0 Å². The van der Waals surface area contributed by atoms with Gasteiger partial charge in [0, 0.05) is 6.54 Å². The number of imide groups is 1. The van der Waals surface area contributed by atoms with Crippen molar-refractivity contribution in [2.75, 3.05) is 13.1 Å². The monoisotopic (exact) mass is 349 g/mol. The van der Waals surface area contributed by atoms with Crippen LogP contribution in [-0.4, -0.2) is 36.1 Å². The third-order valence-corrected chi connectivity index (χ3v) is 5.42. The standard InChI is InChI=1S/C21H23N3O2/c25-20-18-17(16-9-5-2-6-10-16)11-13-22-19(18)24(21(26)23-20)14-12-15-7-3-1-4-8-15/h1-10,17-19,22H,11-14H2,(H,23,25,26). The van der Waals surface area contributed by atoms with Crippen molar-refractivity contribution < 1.29 is 9.59 Å². The summed E-state index contributed by atoms with van der Waals surface area (Å²) >= 11 is 0.